The summed E-state index contributed by atoms with van der Waals surface area (Å²) < 4.78 is 0. The molecule has 2 rings (SSSR count). The number of aryl methyl sites for hydroxylation is 1. The van der Waals surface area contributed by atoms with Gasteiger partial charge in [-0.25, -0.2) is 9.97 Å². The van der Waals surface area contributed by atoms with E-state index in [0.717, 1.165) is 17.1 Å². The lowest BCUT2D eigenvalue weighted by Gasteiger charge is -2.08. The van der Waals surface area contributed by atoms with E-state index in [0.29, 0.717) is 11.7 Å². The van der Waals surface area contributed by atoms with E-state index in [1.807, 2.05) is 13.0 Å². The second-order valence-electron chi connectivity index (χ2n) is 3.18. The molecule has 0 unspecified atom stereocenters. The Labute approximate surface area is 92.7 Å². The molecule has 2 heterocycles. The third-order valence-electron chi connectivity index (χ3n) is 2.10. The van der Waals surface area contributed by atoms with Crippen LogP contribution in [0, 0.1) is 6.92 Å². The predicted molar refractivity (Wildman–Crippen MR) is 59.9 cm³/mol. The van der Waals surface area contributed by atoms with Crippen LogP contribution >= 0.6 is 11.6 Å². The number of pyridine rings is 1. The van der Waals surface area contributed by atoms with E-state index >= 15 is 0 Å². The molecule has 0 atom stereocenters. The Morgan fingerprint density at radius 1 is 1.40 bits per heavy atom. The fourth-order valence-electron chi connectivity index (χ4n) is 1.30. The van der Waals surface area contributed by atoms with Gasteiger partial charge in [0.1, 0.15) is 5.82 Å². The molecular weight excluding hydrogens is 212 g/mol. The third kappa shape index (κ3) is 2.27. The Bertz CT molecular complexity index is 418. The van der Waals surface area contributed by atoms with Crippen LogP contribution in [0.1, 0.15) is 11.4 Å². The van der Waals surface area contributed by atoms with E-state index < -0.39 is 0 Å². The molecule has 0 aliphatic rings. The standard InChI is InChI=1S/C10H11ClN4/c1-7-2-3-14-10(11)9(7)15-6-8-12-4-5-13-8/h2-5,15H,6H2,1H3,(H,12,13). The van der Waals surface area contributed by atoms with Gasteiger partial charge in [0.2, 0.25) is 0 Å². The first-order valence-corrected chi connectivity index (χ1v) is 4.98. The third-order valence-corrected chi connectivity index (χ3v) is 2.39. The highest BCUT2D eigenvalue weighted by molar-refractivity contribution is 6.32. The molecule has 0 bridgehead atoms. The van der Waals surface area contributed by atoms with Gasteiger partial charge in [0.05, 0.1) is 12.2 Å². The number of hydrogen-bond acceptors (Lipinski definition) is 3. The summed E-state index contributed by atoms with van der Waals surface area (Å²) in [5.41, 5.74) is 1.93. The minimum absolute atomic E-state index is 0.488. The Hall–Kier alpha value is -1.55. The van der Waals surface area contributed by atoms with E-state index in [-0.39, 0.29) is 0 Å². The van der Waals surface area contributed by atoms with Crippen molar-refractivity contribution in [3.05, 3.63) is 41.2 Å². The summed E-state index contributed by atoms with van der Waals surface area (Å²) >= 11 is 5.97. The number of H-pyrrole nitrogens is 1. The number of imidazole rings is 1. The fourth-order valence-corrected chi connectivity index (χ4v) is 1.58. The SMILES string of the molecule is Cc1ccnc(Cl)c1NCc1ncc[nH]1. The molecule has 15 heavy (non-hydrogen) atoms. The minimum Gasteiger partial charge on any atom is -0.375 e. The number of hydrogen-bond donors (Lipinski definition) is 2. The van der Waals surface area contributed by atoms with Crippen molar-refractivity contribution in [3.8, 4) is 0 Å². The second-order valence-corrected chi connectivity index (χ2v) is 3.54. The second kappa shape index (κ2) is 4.31. The minimum atomic E-state index is 0.488. The molecule has 0 spiro atoms. The number of rotatable bonds is 3. The van der Waals surface area contributed by atoms with Gasteiger partial charge >= 0.3 is 0 Å². The van der Waals surface area contributed by atoms with Gasteiger partial charge in [-0.1, -0.05) is 11.6 Å². The zero-order chi connectivity index (χ0) is 10.7. The van der Waals surface area contributed by atoms with E-state index in [4.69, 9.17) is 11.6 Å². The van der Waals surface area contributed by atoms with E-state index in [9.17, 15) is 0 Å². The summed E-state index contributed by atoms with van der Waals surface area (Å²) in [6.45, 7) is 2.59. The zero-order valence-electron chi connectivity index (χ0n) is 8.29. The van der Waals surface area contributed by atoms with Crippen LogP contribution in [0.5, 0.6) is 0 Å². The maximum atomic E-state index is 5.97. The van der Waals surface area contributed by atoms with E-state index in [1.54, 1.807) is 18.6 Å². The van der Waals surface area contributed by atoms with Crippen LogP contribution in [0.25, 0.3) is 0 Å². The molecule has 78 valence electrons. The van der Waals surface area contributed by atoms with Gasteiger partial charge in [0, 0.05) is 18.6 Å². The van der Waals surface area contributed by atoms with Crippen molar-refractivity contribution in [2.45, 2.75) is 13.5 Å². The zero-order valence-corrected chi connectivity index (χ0v) is 9.04. The molecule has 2 N–H and O–H groups in total. The quantitative estimate of drug-likeness (QED) is 0.784. The van der Waals surface area contributed by atoms with Gasteiger partial charge in [0.25, 0.3) is 0 Å². The average Bonchev–Trinajstić information content (AvgIpc) is 2.70. The van der Waals surface area contributed by atoms with Crippen LogP contribution in [-0.2, 0) is 6.54 Å². The molecule has 5 heteroatoms. The summed E-state index contributed by atoms with van der Waals surface area (Å²) in [5.74, 6) is 0.870. The van der Waals surface area contributed by atoms with Crippen LogP contribution in [0.15, 0.2) is 24.7 Å². The predicted octanol–water partition coefficient (Wildman–Crippen LogP) is 2.38. The average molecular weight is 223 g/mol. The Balaban J connectivity index is 2.11. The molecule has 0 radical (unpaired) electrons. The number of halogens is 1. The molecule has 4 nitrogen and oxygen atoms in total. The van der Waals surface area contributed by atoms with Gasteiger partial charge in [-0.3, -0.25) is 0 Å². The molecule has 0 aliphatic heterocycles. The summed E-state index contributed by atoms with van der Waals surface area (Å²) in [4.78, 5) is 11.1. The molecular formula is C10H11ClN4. The number of anilines is 1. The van der Waals surface area contributed by atoms with Crippen molar-refractivity contribution in [2.24, 2.45) is 0 Å². The van der Waals surface area contributed by atoms with Crippen LogP contribution < -0.4 is 5.32 Å². The van der Waals surface area contributed by atoms with Gasteiger partial charge in [-0.15, -0.1) is 0 Å². The van der Waals surface area contributed by atoms with E-state index in [2.05, 4.69) is 20.3 Å². The lowest BCUT2D eigenvalue weighted by Crippen LogP contribution is -2.03. The molecule has 2 aromatic heterocycles. The van der Waals surface area contributed by atoms with E-state index in [1.165, 1.54) is 0 Å². The van der Waals surface area contributed by atoms with Crippen LogP contribution in [-0.4, -0.2) is 15.0 Å². The van der Waals surface area contributed by atoms with Crippen molar-refractivity contribution in [2.75, 3.05) is 5.32 Å². The van der Waals surface area contributed by atoms with Crippen molar-refractivity contribution in [3.63, 3.8) is 0 Å². The molecule has 0 saturated heterocycles. The van der Waals surface area contributed by atoms with Crippen molar-refractivity contribution in [1.82, 2.24) is 15.0 Å². The van der Waals surface area contributed by atoms with Crippen LogP contribution in [0.4, 0.5) is 5.69 Å². The van der Waals surface area contributed by atoms with Gasteiger partial charge < -0.3 is 10.3 Å². The highest BCUT2D eigenvalue weighted by Crippen LogP contribution is 2.22. The molecule has 0 aromatic carbocycles. The molecule has 0 amide bonds. The topological polar surface area (TPSA) is 53.6 Å². The molecule has 0 aliphatic carbocycles. The lowest BCUT2D eigenvalue weighted by molar-refractivity contribution is 0.994. The molecule has 0 saturated carbocycles. The van der Waals surface area contributed by atoms with Gasteiger partial charge in [0.15, 0.2) is 5.15 Å². The van der Waals surface area contributed by atoms with Gasteiger partial charge in [-0.05, 0) is 18.6 Å². The highest BCUT2D eigenvalue weighted by Gasteiger charge is 2.04. The molecule has 0 fully saturated rings. The Morgan fingerprint density at radius 2 is 2.27 bits per heavy atom. The van der Waals surface area contributed by atoms with Crippen molar-refractivity contribution >= 4 is 17.3 Å². The maximum absolute atomic E-state index is 5.97. The van der Waals surface area contributed by atoms with Crippen LogP contribution in [0.3, 0.4) is 0 Å². The van der Waals surface area contributed by atoms with Crippen molar-refractivity contribution in [1.29, 1.82) is 0 Å². The summed E-state index contributed by atoms with van der Waals surface area (Å²) in [7, 11) is 0. The number of aromatic nitrogens is 3. The number of aromatic amines is 1. The van der Waals surface area contributed by atoms with Crippen LogP contribution in [0.2, 0.25) is 5.15 Å². The van der Waals surface area contributed by atoms with Gasteiger partial charge in [-0.2, -0.15) is 0 Å². The smallest absolute Gasteiger partial charge is 0.152 e. The summed E-state index contributed by atoms with van der Waals surface area (Å²) in [6.07, 6.45) is 5.19. The monoisotopic (exact) mass is 222 g/mol. The lowest BCUT2D eigenvalue weighted by atomic mass is 10.2. The largest absolute Gasteiger partial charge is 0.375 e. The fraction of sp³-hybridized carbons (Fsp3) is 0.200. The number of nitrogens with one attached hydrogen (secondary N) is 2. The summed E-state index contributed by atoms with van der Waals surface area (Å²) in [6, 6.07) is 1.91. The first-order chi connectivity index (χ1) is 7.27. The Morgan fingerprint density at radius 3 is 2.93 bits per heavy atom. The van der Waals surface area contributed by atoms with Crippen molar-refractivity contribution < 1.29 is 0 Å². The first-order valence-electron chi connectivity index (χ1n) is 4.60. The molecule has 2 aromatic rings. The number of nitrogens with zero attached hydrogens (tertiary/aromatic N) is 2. The summed E-state index contributed by atoms with van der Waals surface area (Å²) in [5, 5.41) is 3.68. The maximum Gasteiger partial charge on any atom is 0.152 e. The first kappa shape index (κ1) is 9.98. The highest BCUT2D eigenvalue weighted by atomic mass is 35.5. The Kier molecular flexibility index (Phi) is 2.87. The normalized spacial score (nSPS) is 10.3.